The molecule has 1 N–H and O–H groups in total. The van der Waals surface area contributed by atoms with E-state index in [-0.39, 0.29) is 0 Å². The second-order valence-electron chi connectivity index (χ2n) is 5.68. The highest BCUT2D eigenvalue weighted by Gasteiger charge is 2.35. The van der Waals surface area contributed by atoms with E-state index in [0.717, 1.165) is 38.4 Å². The molecule has 2 unspecified atom stereocenters. The van der Waals surface area contributed by atoms with Crippen LogP contribution < -0.4 is 5.32 Å². The molecule has 0 aromatic rings. The maximum atomic E-state index is 11.9. The zero-order valence-electron chi connectivity index (χ0n) is 11.2. The fourth-order valence-corrected chi connectivity index (χ4v) is 2.75. The molecular weight excluding hydrogens is 212 g/mol. The second kappa shape index (κ2) is 5.85. The molecule has 0 radical (unpaired) electrons. The van der Waals surface area contributed by atoms with Gasteiger partial charge in [0.25, 0.3) is 0 Å². The average molecular weight is 238 g/mol. The van der Waals surface area contributed by atoms with Gasteiger partial charge < -0.3 is 10.2 Å². The van der Waals surface area contributed by atoms with Gasteiger partial charge in [-0.25, -0.2) is 0 Å². The zero-order valence-corrected chi connectivity index (χ0v) is 11.2. The van der Waals surface area contributed by atoms with E-state index in [1.807, 2.05) is 0 Å². The molecule has 1 saturated carbocycles. The van der Waals surface area contributed by atoms with E-state index in [1.54, 1.807) is 0 Å². The summed E-state index contributed by atoms with van der Waals surface area (Å²) in [5.74, 6) is 1.81. The normalized spacial score (nSPS) is 26.6. The van der Waals surface area contributed by atoms with E-state index < -0.39 is 0 Å². The highest BCUT2D eigenvalue weighted by atomic mass is 16.2. The number of nitrogens with zero attached hydrogens (tertiary/aromatic N) is 1. The maximum absolute atomic E-state index is 11.9. The molecule has 2 rings (SSSR count). The molecule has 3 heteroatoms. The van der Waals surface area contributed by atoms with Gasteiger partial charge in [0.05, 0.1) is 0 Å². The molecule has 0 aromatic heterocycles. The summed E-state index contributed by atoms with van der Waals surface area (Å²) >= 11 is 0. The van der Waals surface area contributed by atoms with Crippen LogP contribution in [0, 0.1) is 11.8 Å². The summed E-state index contributed by atoms with van der Waals surface area (Å²) in [4.78, 5) is 14.0. The molecule has 1 saturated heterocycles. The van der Waals surface area contributed by atoms with Gasteiger partial charge >= 0.3 is 0 Å². The molecule has 0 aromatic carbocycles. The Morgan fingerprint density at radius 1 is 1.41 bits per heavy atom. The van der Waals surface area contributed by atoms with Crippen molar-refractivity contribution in [3.8, 4) is 0 Å². The van der Waals surface area contributed by atoms with Crippen LogP contribution in [0.2, 0.25) is 0 Å². The number of amides is 1. The monoisotopic (exact) mass is 238 g/mol. The molecule has 0 bridgehead atoms. The Kier molecular flexibility index (Phi) is 4.43. The lowest BCUT2D eigenvalue weighted by Gasteiger charge is -2.25. The van der Waals surface area contributed by atoms with Gasteiger partial charge in [-0.2, -0.15) is 0 Å². The minimum absolute atomic E-state index is 0.376. The standard InChI is InChI=1S/C14H26N2O/c1-3-7-15-13(12-5-6-12)10-16-9-11(4-2)8-14(16)17/h11-13,15H,3-10H2,1-2H3. The first kappa shape index (κ1) is 12.9. The molecule has 2 fully saturated rings. The Hall–Kier alpha value is -0.570. The number of hydrogen-bond acceptors (Lipinski definition) is 2. The lowest BCUT2D eigenvalue weighted by Crippen LogP contribution is -2.43. The smallest absolute Gasteiger partial charge is 0.222 e. The molecular formula is C14H26N2O. The summed E-state index contributed by atoms with van der Waals surface area (Å²) in [7, 11) is 0. The number of likely N-dealkylation sites (tertiary alicyclic amines) is 1. The van der Waals surface area contributed by atoms with Crippen molar-refractivity contribution in [2.24, 2.45) is 11.8 Å². The molecule has 0 spiro atoms. The Morgan fingerprint density at radius 3 is 2.71 bits per heavy atom. The van der Waals surface area contributed by atoms with Crippen molar-refractivity contribution in [2.45, 2.75) is 52.0 Å². The predicted molar refractivity (Wildman–Crippen MR) is 69.8 cm³/mol. The van der Waals surface area contributed by atoms with Gasteiger partial charge in [0.2, 0.25) is 5.91 Å². The summed E-state index contributed by atoms with van der Waals surface area (Å²) in [5.41, 5.74) is 0. The summed E-state index contributed by atoms with van der Waals surface area (Å²) in [5, 5.41) is 3.62. The highest BCUT2D eigenvalue weighted by Crippen LogP contribution is 2.34. The third kappa shape index (κ3) is 3.44. The van der Waals surface area contributed by atoms with E-state index in [0.29, 0.717) is 17.9 Å². The van der Waals surface area contributed by atoms with Crippen molar-refractivity contribution in [1.82, 2.24) is 10.2 Å². The van der Waals surface area contributed by atoms with Gasteiger partial charge in [-0.1, -0.05) is 20.3 Å². The molecule has 3 nitrogen and oxygen atoms in total. The Balaban J connectivity index is 1.82. The van der Waals surface area contributed by atoms with Gasteiger partial charge in [0.15, 0.2) is 0 Å². The summed E-state index contributed by atoms with van der Waals surface area (Å²) < 4.78 is 0. The largest absolute Gasteiger partial charge is 0.341 e. The third-order valence-electron chi connectivity index (χ3n) is 4.14. The predicted octanol–water partition coefficient (Wildman–Crippen LogP) is 2.02. The first-order valence-corrected chi connectivity index (χ1v) is 7.25. The van der Waals surface area contributed by atoms with E-state index in [2.05, 4.69) is 24.1 Å². The molecule has 1 heterocycles. The molecule has 1 aliphatic carbocycles. The van der Waals surface area contributed by atoms with Crippen LogP contribution in [0.3, 0.4) is 0 Å². The number of carbonyl (C=O) groups is 1. The summed E-state index contributed by atoms with van der Waals surface area (Å²) in [6.45, 7) is 7.41. The van der Waals surface area contributed by atoms with Crippen molar-refractivity contribution >= 4 is 5.91 Å². The summed E-state index contributed by atoms with van der Waals surface area (Å²) in [6.07, 6.45) is 5.79. The lowest BCUT2D eigenvalue weighted by molar-refractivity contribution is -0.128. The van der Waals surface area contributed by atoms with Gasteiger partial charge in [0.1, 0.15) is 0 Å². The van der Waals surface area contributed by atoms with Crippen LogP contribution >= 0.6 is 0 Å². The fraction of sp³-hybridized carbons (Fsp3) is 0.929. The van der Waals surface area contributed by atoms with E-state index in [1.165, 1.54) is 19.3 Å². The van der Waals surface area contributed by atoms with Crippen LogP contribution in [0.15, 0.2) is 0 Å². The number of rotatable bonds is 7. The van der Waals surface area contributed by atoms with Crippen molar-refractivity contribution in [3.63, 3.8) is 0 Å². The van der Waals surface area contributed by atoms with Crippen molar-refractivity contribution in [1.29, 1.82) is 0 Å². The van der Waals surface area contributed by atoms with Gasteiger partial charge in [0, 0.05) is 25.6 Å². The van der Waals surface area contributed by atoms with Crippen molar-refractivity contribution < 1.29 is 4.79 Å². The van der Waals surface area contributed by atoms with Crippen molar-refractivity contribution in [3.05, 3.63) is 0 Å². The average Bonchev–Trinajstić information content (AvgIpc) is 3.10. The number of carbonyl (C=O) groups excluding carboxylic acids is 1. The Labute approximate surface area is 105 Å². The molecule has 17 heavy (non-hydrogen) atoms. The SMILES string of the molecule is CCCNC(CN1CC(CC)CC1=O)C1CC1. The Morgan fingerprint density at radius 2 is 2.18 bits per heavy atom. The molecule has 1 amide bonds. The number of hydrogen-bond donors (Lipinski definition) is 1. The van der Waals surface area contributed by atoms with Crippen LogP contribution in [0.4, 0.5) is 0 Å². The zero-order chi connectivity index (χ0) is 12.3. The maximum Gasteiger partial charge on any atom is 0.222 e. The van der Waals surface area contributed by atoms with Crippen LogP contribution in [-0.2, 0) is 4.79 Å². The highest BCUT2D eigenvalue weighted by molar-refractivity contribution is 5.78. The summed E-state index contributed by atoms with van der Waals surface area (Å²) in [6, 6.07) is 0.550. The molecule has 2 atom stereocenters. The fourth-order valence-electron chi connectivity index (χ4n) is 2.75. The van der Waals surface area contributed by atoms with Crippen molar-refractivity contribution in [2.75, 3.05) is 19.6 Å². The molecule has 98 valence electrons. The topological polar surface area (TPSA) is 32.3 Å². The van der Waals surface area contributed by atoms with Crippen LogP contribution in [0.25, 0.3) is 0 Å². The van der Waals surface area contributed by atoms with Crippen LogP contribution in [0.1, 0.15) is 46.0 Å². The van der Waals surface area contributed by atoms with Gasteiger partial charge in [-0.3, -0.25) is 4.79 Å². The molecule has 1 aliphatic heterocycles. The quantitative estimate of drug-likeness (QED) is 0.736. The van der Waals surface area contributed by atoms with Gasteiger partial charge in [-0.15, -0.1) is 0 Å². The Bertz CT molecular complexity index is 263. The first-order valence-electron chi connectivity index (χ1n) is 7.25. The molecule has 2 aliphatic rings. The minimum atomic E-state index is 0.376. The van der Waals surface area contributed by atoms with Crippen LogP contribution in [0.5, 0.6) is 0 Å². The first-order chi connectivity index (χ1) is 8.24. The third-order valence-corrected chi connectivity index (χ3v) is 4.14. The second-order valence-corrected chi connectivity index (χ2v) is 5.68. The van der Waals surface area contributed by atoms with Gasteiger partial charge in [-0.05, 0) is 37.6 Å². The lowest BCUT2D eigenvalue weighted by atomic mass is 10.1. The van der Waals surface area contributed by atoms with Crippen LogP contribution in [-0.4, -0.2) is 36.5 Å². The van der Waals surface area contributed by atoms with E-state index >= 15 is 0 Å². The number of nitrogens with one attached hydrogen (secondary N) is 1. The van der Waals surface area contributed by atoms with E-state index in [4.69, 9.17) is 0 Å². The minimum Gasteiger partial charge on any atom is -0.341 e. The van der Waals surface area contributed by atoms with E-state index in [9.17, 15) is 4.79 Å².